The van der Waals surface area contributed by atoms with Crippen LogP contribution >= 0.6 is 23.2 Å². The minimum atomic E-state index is -3.28. The summed E-state index contributed by atoms with van der Waals surface area (Å²) in [6, 6.07) is -0.339. The van der Waals surface area contributed by atoms with E-state index in [9.17, 15) is 19.5 Å². The molecule has 0 aromatic heterocycles. The first-order valence-electron chi connectivity index (χ1n) is 13.4. The second-order valence-corrected chi connectivity index (χ2v) is 13.3. The third-order valence-electron chi connectivity index (χ3n) is 7.29. The quantitative estimate of drug-likeness (QED) is 0.156. The van der Waals surface area contributed by atoms with Crippen molar-refractivity contribution in [1.29, 1.82) is 0 Å². The number of aliphatic carboxylic acids is 1. The van der Waals surface area contributed by atoms with Crippen LogP contribution in [0.25, 0.3) is 0 Å². The molecule has 2 aliphatic rings. The number of amides is 1. The van der Waals surface area contributed by atoms with Crippen molar-refractivity contribution in [3.63, 3.8) is 0 Å². The fourth-order valence-electron chi connectivity index (χ4n) is 5.04. The lowest BCUT2D eigenvalue weighted by Crippen LogP contribution is -2.53. The van der Waals surface area contributed by atoms with E-state index in [-0.39, 0.29) is 39.5 Å². The van der Waals surface area contributed by atoms with Crippen molar-refractivity contribution in [2.24, 2.45) is 10.8 Å². The molecule has 0 aromatic rings. The molecule has 1 saturated carbocycles. The van der Waals surface area contributed by atoms with E-state index in [0.29, 0.717) is 31.3 Å². The minimum Gasteiger partial charge on any atom is -0.481 e. The SMILES string of the molecule is C=C(C)C=C(Cl)C(C(=O)CN(CC(C)(C)C)C(=O)C1=C[N+](C2CCC(C)(C(=O)O)CC2)=C1C(F)(F)CC)=C(C)Cl. The summed E-state index contributed by atoms with van der Waals surface area (Å²) in [6.45, 7) is 15.3. The Bertz CT molecular complexity index is 1200. The van der Waals surface area contributed by atoms with Gasteiger partial charge in [0.15, 0.2) is 23.6 Å². The van der Waals surface area contributed by atoms with E-state index < -0.39 is 47.4 Å². The topological polar surface area (TPSA) is 77.7 Å². The van der Waals surface area contributed by atoms with Gasteiger partial charge in [0.2, 0.25) is 0 Å². The zero-order valence-electron chi connectivity index (χ0n) is 24.5. The second-order valence-electron chi connectivity index (χ2n) is 12.3. The lowest BCUT2D eigenvalue weighted by Gasteiger charge is -2.36. The van der Waals surface area contributed by atoms with Crippen LogP contribution in [0, 0.1) is 10.8 Å². The fraction of sp³-hybridized carbons (Fsp3) is 0.600. The number of ketones is 1. The van der Waals surface area contributed by atoms with Crippen LogP contribution < -0.4 is 0 Å². The highest BCUT2D eigenvalue weighted by atomic mass is 35.5. The molecule has 0 spiro atoms. The lowest BCUT2D eigenvalue weighted by atomic mass is 9.73. The number of carboxylic acid groups (broad SMARTS) is 1. The average molecular weight is 603 g/mol. The first kappa shape index (κ1) is 33.9. The molecule has 6 nitrogen and oxygen atoms in total. The summed E-state index contributed by atoms with van der Waals surface area (Å²) >= 11 is 12.6. The van der Waals surface area contributed by atoms with Gasteiger partial charge in [-0.05, 0) is 45.1 Å². The highest BCUT2D eigenvalue weighted by molar-refractivity contribution is 6.40. The number of halogens is 4. The number of carbonyl (C=O) groups is 3. The summed E-state index contributed by atoms with van der Waals surface area (Å²) in [6.07, 6.45) is 3.92. The summed E-state index contributed by atoms with van der Waals surface area (Å²) < 4.78 is 32.1. The van der Waals surface area contributed by atoms with Gasteiger partial charge in [-0.3, -0.25) is 14.4 Å². The zero-order valence-corrected chi connectivity index (χ0v) is 26.0. The second kappa shape index (κ2) is 12.7. The smallest absolute Gasteiger partial charge is 0.330 e. The summed E-state index contributed by atoms with van der Waals surface area (Å²) in [4.78, 5) is 40.1. The van der Waals surface area contributed by atoms with Gasteiger partial charge in [-0.15, -0.1) is 0 Å². The molecule has 1 N–H and O–H groups in total. The van der Waals surface area contributed by atoms with Gasteiger partial charge in [0, 0.05) is 30.8 Å². The maximum absolute atomic E-state index is 15.3. The zero-order chi connectivity index (χ0) is 30.8. The average Bonchev–Trinajstić information content (AvgIpc) is 2.77. The Kier molecular flexibility index (Phi) is 10.7. The monoisotopic (exact) mass is 601 g/mol. The van der Waals surface area contributed by atoms with Crippen LogP contribution in [0.15, 0.2) is 45.6 Å². The molecule has 0 bridgehead atoms. The molecule has 0 unspecified atom stereocenters. The molecule has 0 saturated heterocycles. The molecule has 1 aliphatic carbocycles. The van der Waals surface area contributed by atoms with Crippen molar-refractivity contribution < 1.29 is 32.8 Å². The van der Waals surface area contributed by atoms with E-state index in [1.807, 2.05) is 20.8 Å². The van der Waals surface area contributed by atoms with Crippen molar-refractivity contribution >= 4 is 46.6 Å². The van der Waals surface area contributed by atoms with Crippen LogP contribution in [-0.2, 0) is 14.4 Å². The van der Waals surface area contributed by atoms with E-state index in [0.717, 1.165) is 0 Å². The molecule has 0 atom stereocenters. The van der Waals surface area contributed by atoms with Crippen LogP contribution in [-0.4, -0.2) is 63.0 Å². The first-order chi connectivity index (χ1) is 18.2. The number of nitrogens with zero attached hydrogens (tertiary/aromatic N) is 2. The molecule has 1 amide bonds. The number of carboxylic acids is 1. The highest BCUT2D eigenvalue weighted by Gasteiger charge is 2.55. The third-order valence-corrected chi connectivity index (χ3v) is 7.78. The number of rotatable bonds is 11. The van der Waals surface area contributed by atoms with Crippen molar-refractivity contribution in [3.05, 3.63) is 45.6 Å². The van der Waals surface area contributed by atoms with Crippen LogP contribution in [0.4, 0.5) is 8.78 Å². The standard InChI is InChI=1S/C30H40Cl2F2N2O4/c1-9-30(33,34)25-21(15-36(25)20-10-12-29(8,13-11-20)27(39)40)26(38)35(17-28(5,6)7)16-23(37)24(19(4)31)22(32)14-18(2)3/h14-15,20H,2,9-13,16-17H2,1,3-8H3/p+1. The van der Waals surface area contributed by atoms with Gasteiger partial charge in [0.05, 0.1) is 22.6 Å². The summed E-state index contributed by atoms with van der Waals surface area (Å²) in [5.74, 6) is -5.38. The van der Waals surface area contributed by atoms with Gasteiger partial charge < -0.3 is 10.0 Å². The Morgan fingerprint density at radius 2 is 1.75 bits per heavy atom. The summed E-state index contributed by atoms with van der Waals surface area (Å²) in [7, 11) is 0. The first-order valence-corrected chi connectivity index (χ1v) is 14.2. The number of carbonyl (C=O) groups excluding carboxylic acids is 2. The van der Waals surface area contributed by atoms with Gasteiger partial charge in [0.1, 0.15) is 0 Å². The number of hydrogen-bond acceptors (Lipinski definition) is 3. The Hall–Kier alpha value is -2.32. The van der Waals surface area contributed by atoms with Crippen LogP contribution in [0.1, 0.15) is 80.6 Å². The van der Waals surface area contributed by atoms with E-state index in [1.165, 1.54) is 35.6 Å². The fourth-order valence-corrected chi connectivity index (χ4v) is 5.73. The molecule has 1 fully saturated rings. The summed E-state index contributed by atoms with van der Waals surface area (Å²) in [5, 5.41) is 9.77. The predicted molar refractivity (Wildman–Crippen MR) is 155 cm³/mol. The van der Waals surface area contributed by atoms with Crippen LogP contribution in [0.2, 0.25) is 0 Å². The van der Waals surface area contributed by atoms with Gasteiger partial charge >= 0.3 is 11.9 Å². The molecule has 10 heteroatoms. The van der Waals surface area contributed by atoms with E-state index >= 15 is 8.78 Å². The Morgan fingerprint density at radius 3 is 2.17 bits per heavy atom. The molecule has 1 heterocycles. The largest absolute Gasteiger partial charge is 0.481 e. The molecule has 2 rings (SSSR count). The lowest BCUT2D eigenvalue weighted by molar-refractivity contribution is -0.522. The van der Waals surface area contributed by atoms with Crippen LogP contribution in [0.3, 0.4) is 0 Å². The normalized spacial score (nSPS) is 22.7. The number of allylic oxidation sites excluding steroid dienone is 4. The van der Waals surface area contributed by atoms with Crippen molar-refractivity contribution in [3.8, 4) is 0 Å². The Balaban J connectivity index is 2.44. The Labute approximate surface area is 246 Å². The van der Waals surface area contributed by atoms with E-state index in [4.69, 9.17) is 23.2 Å². The maximum Gasteiger partial charge on any atom is 0.330 e. The van der Waals surface area contributed by atoms with Crippen LogP contribution in [0.5, 0.6) is 0 Å². The van der Waals surface area contributed by atoms with E-state index in [2.05, 4.69) is 6.58 Å². The molecule has 0 radical (unpaired) electrons. The molecule has 1 aliphatic heterocycles. The number of hydrogen-bond donors (Lipinski definition) is 1. The molecule has 40 heavy (non-hydrogen) atoms. The molecular formula is C30H41Cl2F2N2O4+. The third kappa shape index (κ3) is 7.90. The molecule has 0 aromatic carbocycles. The minimum absolute atomic E-state index is 0.0361. The van der Waals surface area contributed by atoms with Gasteiger partial charge in [-0.2, -0.15) is 13.4 Å². The van der Waals surface area contributed by atoms with Crippen molar-refractivity contribution in [2.45, 2.75) is 92.5 Å². The molecule has 222 valence electrons. The molecular weight excluding hydrogens is 561 g/mol. The van der Waals surface area contributed by atoms with E-state index in [1.54, 1.807) is 13.8 Å². The van der Waals surface area contributed by atoms with Crippen molar-refractivity contribution in [2.75, 3.05) is 13.1 Å². The Morgan fingerprint density at radius 1 is 1.20 bits per heavy atom. The number of alkyl halides is 2. The van der Waals surface area contributed by atoms with Crippen molar-refractivity contribution in [1.82, 2.24) is 4.90 Å². The maximum atomic E-state index is 15.3. The van der Waals surface area contributed by atoms with Gasteiger partial charge in [-0.1, -0.05) is 63.0 Å². The summed E-state index contributed by atoms with van der Waals surface area (Å²) in [5.41, 5.74) is -1.23. The predicted octanol–water partition coefficient (Wildman–Crippen LogP) is 7.07. The highest BCUT2D eigenvalue weighted by Crippen LogP contribution is 2.40. The van der Waals surface area contributed by atoms with Gasteiger partial charge in [-0.25, -0.2) is 0 Å². The van der Waals surface area contributed by atoms with Gasteiger partial charge in [0.25, 0.3) is 11.6 Å². The number of Topliss-reactive ketones (excluding diaryl/α,β-unsaturated/α-hetero) is 1.